The van der Waals surface area contributed by atoms with E-state index in [1.807, 2.05) is 7.05 Å². The largest absolute Gasteiger partial charge is 1.00 e. The highest BCUT2D eigenvalue weighted by Crippen LogP contribution is 1.77. The minimum Gasteiger partial charge on any atom is -1.00 e. The van der Waals surface area contributed by atoms with Crippen LogP contribution in [0.15, 0.2) is 11.5 Å². The Hall–Kier alpha value is -0.660. The first-order chi connectivity index (χ1) is 4.74. The Morgan fingerprint density at radius 1 is 1.82 bits per heavy atom. The molecule has 62 valence electrons. The first kappa shape index (κ1) is 10.3. The normalized spacial score (nSPS) is 10.0. The van der Waals surface area contributed by atoms with Crippen molar-refractivity contribution in [1.29, 1.82) is 0 Å². The second kappa shape index (κ2) is 4.27. The van der Waals surface area contributed by atoms with Crippen LogP contribution >= 0.6 is 0 Å². The summed E-state index contributed by atoms with van der Waals surface area (Å²) in [6, 6.07) is 0. The fourth-order valence-corrected chi connectivity index (χ4v) is 0.736. The zero-order valence-electron chi connectivity index (χ0n) is 6.27. The molecule has 11 heavy (non-hydrogen) atoms. The van der Waals surface area contributed by atoms with Crippen LogP contribution < -0.4 is 28.5 Å². The van der Waals surface area contributed by atoms with Crippen LogP contribution in [-0.4, -0.2) is 21.2 Å². The second-order valence-corrected chi connectivity index (χ2v) is 2.00. The van der Waals surface area contributed by atoms with Crippen LogP contribution in [0.25, 0.3) is 0 Å². The van der Waals surface area contributed by atoms with E-state index in [4.69, 9.17) is 5.21 Å². The van der Waals surface area contributed by atoms with E-state index in [9.17, 15) is 0 Å². The van der Waals surface area contributed by atoms with Gasteiger partial charge in [-0.25, -0.2) is 4.57 Å². The van der Waals surface area contributed by atoms with E-state index in [0.29, 0.717) is 5.82 Å². The summed E-state index contributed by atoms with van der Waals surface area (Å²) in [5.41, 5.74) is 0. The molecule has 0 unspecified atom stereocenters. The smallest absolute Gasteiger partial charge is 0.323 e. The number of rotatable bonds is 1. The Labute approximate surface area is 81.4 Å². The lowest BCUT2D eigenvalue weighted by Crippen LogP contribution is -3.00. The molecule has 0 atom stereocenters. The summed E-state index contributed by atoms with van der Waals surface area (Å²) in [5, 5.41) is 15.0. The number of nitrogens with zero attached hydrogens (tertiary/aromatic N) is 4. The minimum atomic E-state index is 0. The number of aryl methyl sites for hydroxylation is 2. The van der Waals surface area contributed by atoms with Gasteiger partial charge in [-0.1, -0.05) is 5.16 Å². The van der Waals surface area contributed by atoms with E-state index in [1.54, 1.807) is 22.6 Å². The van der Waals surface area contributed by atoms with Gasteiger partial charge in [0.1, 0.15) is 6.21 Å². The molecule has 0 spiro atoms. The molecule has 1 heterocycles. The Morgan fingerprint density at radius 3 is 2.82 bits per heavy atom. The van der Waals surface area contributed by atoms with Gasteiger partial charge in [0.05, 0.1) is 14.1 Å². The first-order valence-corrected chi connectivity index (χ1v) is 2.80. The monoisotopic (exact) mass is 268 g/mol. The molecule has 0 aliphatic heterocycles. The molecule has 1 aromatic heterocycles. The average molecular weight is 268 g/mol. The third-order valence-corrected chi connectivity index (χ3v) is 1.14. The lowest BCUT2D eigenvalue weighted by atomic mass is 10.7. The maximum Gasteiger partial charge on any atom is 0.323 e. The van der Waals surface area contributed by atoms with Crippen LogP contribution in [0.2, 0.25) is 0 Å². The van der Waals surface area contributed by atoms with Gasteiger partial charge in [-0.15, -0.1) is 4.68 Å². The maximum absolute atomic E-state index is 8.16. The van der Waals surface area contributed by atoms with Gasteiger partial charge in [0.15, 0.2) is 0 Å². The zero-order valence-corrected chi connectivity index (χ0v) is 8.43. The highest BCUT2D eigenvalue weighted by molar-refractivity contribution is 5.71. The number of hydrogen-bond acceptors (Lipinski definition) is 3. The van der Waals surface area contributed by atoms with Gasteiger partial charge >= 0.3 is 5.82 Å². The molecular weight excluding hydrogens is 259 g/mol. The van der Waals surface area contributed by atoms with Gasteiger partial charge in [0, 0.05) is 5.10 Å². The van der Waals surface area contributed by atoms with Crippen molar-refractivity contribution in [3.63, 3.8) is 0 Å². The Balaban J connectivity index is 0.000001000. The molecule has 0 bridgehead atoms. The van der Waals surface area contributed by atoms with Gasteiger partial charge in [-0.05, 0) is 0 Å². The van der Waals surface area contributed by atoms with E-state index < -0.39 is 0 Å². The molecule has 0 aliphatic rings. The number of halogens is 1. The highest BCUT2D eigenvalue weighted by Gasteiger charge is 2.07. The van der Waals surface area contributed by atoms with Crippen molar-refractivity contribution < 1.29 is 33.8 Å². The molecule has 1 aromatic rings. The molecule has 6 heteroatoms. The number of hydrogen-bond donors (Lipinski definition) is 1. The molecule has 0 saturated heterocycles. The van der Waals surface area contributed by atoms with Crippen molar-refractivity contribution >= 4 is 6.21 Å². The Morgan fingerprint density at radius 2 is 2.45 bits per heavy atom. The van der Waals surface area contributed by atoms with Crippen molar-refractivity contribution in [2.45, 2.75) is 0 Å². The van der Waals surface area contributed by atoms with E-state index in [0.717, 1.165) is 0 Å². The average Bonchev–Trinajstić information content (AvgIpc) is 2.13. The van der Waals surface area contributed by atoms with E-state index in [-0.39, 0.29) is 24.0 Å². The molecule has 0 radical (unpaired) electrons. The maximum atomic E-state index is 8.16. The van der Waals surface area contributed by atoms with Crippen LogP contribution in [0.1, 0.15) is 5.82 Å². The summed E-state index contributed by atoms with van der Waals surface area (Å²) >= 11 is 0. The summed E-state index contributed by atoms with van der Waals surface area (Å²) in [6.07, 6.45) is 3.05. The van der Waals surface area contributed by atoms with Crippen molar-refractivity contribution in [1.82, 2.24) is 9.78 Å². The molecule has 0 amide bonds. The van der Waals surface area contributed by atoms with Crippen molar-refractivity contribution in [3.8, 4) is 0 Å². The van der Waals surface area contributed by atoms with Crippen LogP contribution in [0.4, 0.5) is 0 Å². The standard InChI is InChI=1S/C5H8N4O.HI/c1-8-4-9(2)7-5(8)3-6-10;/h3-4H,1-2H3;1H. The summed E-state index contributed by atoms with van der Waals surface area (Å²) in [7, 11) is 3.62. The fraction of sp³-hybridized carbons (Fsp3) is 0.400. The third kappa shape index (κ3) is 2.45. The van der Waals surface area contributed by atoms with Gasteiger partial charge in [-0.2, -0.15) is 0 Å². The lowest BCUT2D eigenvalue weighted by molar-refractivity contribution is -0.673. The van der Waals surface area contributed by atoms with Crippen molar-refractivity contribution in [2.75, 3.05) is 0 Å². The van der Waals surface area contributed by atoms with Gasteiger partial charge < -0.3 is 29.2 Å². The van der Waals surface area contributed by atoms with E-state index >= 15 is 0 Å². The third-order valence-electron chi connectivity index (χ3n) is 1.14. The van der Waals surface area contributed by atoms with Gasteiger partial charge in [-0.3, -0.25) is 0 Å². The van der Waals surface area contributed by atoms with Crippen LogP contribution in [0.5, 0.6) is 0 Å². The summed E-state index contributed by atoms with van der Waals surface area (Å²) in [6.45, 7) is 0. The van der Waals surface area contributed by atoms with Crippen molar-refractivity contribution in [3.05, 3.63) is 12.2 Å². The molecule has 1 N–H and O–H groups in total. The molecule has 0 saturated carbocycles. The van der Waals surface area contributed by atoms with Crippen LogP contribution in [0, 0.1) is 0 Å². The predicted octanol–water partition coefficient (Wildman–Crippen LogP) is -3.94. The molecule has 0 aromatic carbocycles. The number of aromatic nitrogens is 3. The topological polar surface area (TPSA) is 54.3 Å². The van der Waals surface area contributed by atoms with Gasteiger partial charge in [0.2, 0.25) is 6.33 Å². The van der Waals surface area contributed by atoms with Crippen LogP contribution in [-0.2, 0) is 14.1 Å². The van der Waals surface area contributed by atoms with E-state index in [1.165, 1.54) is 6.21 Å². The first-order valence-electron chi connectivity index (χ1n) is 2.80. The van der Waals surface area contributed by atoms with Gasteiger partial charge in [0.25, 0.3) is 0 Å². The highest BCUT2D eigenvalue weighted by atomic mass is 127. The molecular formula is C5H9IN4O. The quantitative estimate of drug-likeness (QED) is 0.186. The summed E-state index contributed by atoms with van der Waals surface area (Å²) in [4.78, 5) is 0. The van der Waals surface area contributed by atoms with Crippen molar-refractivity contribution in [2.24, 2.45) is 19.3 Å². The number of oxime groups is 1. The Bertz CT molecular complexity index is 257. The zero-order chi connectivity index (χ0) is 7.56. The lowest BCUT2D eigenvalue weighted by Gasteiger charge is -1.77. The molecule has 0 fully saturated rings. The second-order valence-electron chi connectivity index (χ2n) is 2.00. The molecule has 5 nitrogen and oxygen atoms in total. The fourth-order valence-electron chi connectivity index (χ4n) is 0.736. The SMILES string of the molecule is Cn1c[n+](C)c(C=NO)n1.[I-]. The predicted molar refractivity (Wildman–Crippen MR) is 33.8 cm³/mol. The van der Waals surface area contributed by atoms with E-state index in [2.05, 4.69) is 10.3 Å². The summed E-state index contributed by atoms with van der Waals surface area (Å²) < 4.78 is 3.39. The summed E-state index contributed by atoms with van der Waals surface area (Å²) in [5.74, 6) is 0.616. The van der Waals surface area contributed by atoms with Crippen LogP contribution in [0.3, 0.4) is 0 Å². The Kier molecular flexibility index (Phi) is 4.01. The molecule has 0 aliphatic carbocycles. The molecule has 1 rings (SSSR count). The minimum absolute atomic E-state index is 0.